The fourth-order valence-corrected chi connectivity index (χ4v) is 5.21. The lowest BCUT2D eigenvalue weighted by Gasteiger charge is -2.34. The number of fused-ring (bicyclic) bond motifs is 1. The fraction of sp³-hybridized carbons (Fsp3) is 0.273. The van der Waals surface area contributed by atoms with E-state index < -0.39 is 0 Å². The van der Waals surface area contributed by atoms with Gasteiger partial charge in [-0.3, -0.25) is 0 Å². The first-order valence-electron chi connectivity index (χ1n) is 8.64. The van der Waals surface area contributed by atoms with Gasteiger partial charge in [0.05, 0.1) is 0 Å². The minimum absolute atomic E-state index is 0.168. The zero-order valence-electron chi connectivity index (χ0n) is 13.7. The first-order chi connectivity index (χ1) is 11.7. The van der Waals surface area contributed by atoms with Crippen molar-refractivity contribution in [2.45, 2.75) is 18.9 Å². The van der Waals surface area contributed by atoms with Crippen molar-refractivity contribution < 1.29 is 0 Å². The zero-order chi connectivity index (χ0) is 16.3. The molecule has 5 rings (SSSR count). The summed E-state index contributed by atoms with van der Waals surface area (Å²) >= 11 is 6.67. The van der Waals surface area contributed by atoms with Crippen LogP contribution in [0.3, 0.4) is 0 Å². The Kier molecular flexibility index (Phi) is 2.99. The summed E-state index contributed by atoms with van der Waals surface area (Å²) in [6.07, 6.45) is 8.15. The summed E-state index contributed by atoms with van der Waals surface area (Å²) in [6.45, 7) is 0.964. The molecule has 1 nitrogen and oxygen atoms in total. The lowest BCUT2D eigenvalue weighted by atomic mass is 9.73. The lowest BCUT2D eigenvalue weighted by molar-refractivity contribution is 0.328. The smallest absolute Gasteiger partial charge is 0.0444 e. The van der Waals surface area contributed by atoms with Crippen LogP contribution in [0, 0.1) is 11.3 Å². The van der Waals surface area contributed by atoms with Crippen molar-refractivity contribution in [1.82, 2.24) is 4.90 Å². The SMILES string of the molecule is CN1Cc2ccccc2C(c2ccccc2Cl)C23CC2C=CC=C13. The molecule has 0 amide bonds. The molecule has 0 radical (unpaired) electrons. The van der Waals surface area contributed by atoms with Gasteiger partial charge in [0, 0.05) is 35.6 Å². The first kappa shape index (κ1) is 14.4. The molecule has 3 unspecified atom stereocenters. The maximum absolute atomic E-state index is 6.67. The Bertz CT molecular complexity index is 881. The Morgan fingerprint density at radius 2 is 1.79 bits per heavy atom. The summed E-state index contributed by atoms with van der Waals surface area (Å²) in [5.41, 5.74) is 5.77. The third-order valence-corrected chi connectivity index (χ3v) is 6.39. The number of benzene rings is 2. The highest BCUT2D eigenvalue weighted by atomic mass is 35.5. The van der Waals surface area contributed by atoms with Gasteiger partial charge < -0.3 is 4.90 Å². The highest BCUT2D eigenvalue weighted by Gasteiger charge is 2.63. The molecule has 2 aromatic rings. The van der Waals surface area contributed by atoms with Crippen LogP contribution in [-0.4, -0.2) is 11.9 Å². The van der Waals surface area contributed by atoms with Crippen molar-refractivity contribution in [3.63, 3.8) is 0 Å². The predicted molar refractivity (Wildman–Crippen MR) is 99.0 cm³/mol. The van der Waals surface area contributed by atoms with E-state index in [1.54, 1.807) is 0 Å². The summed E-state index contributed by atoms with van der Waals surface area (Å²) < 4.78 is 0. The summed E-state index contributed by atoms with van der Waals surface area (Å²) in [5, 5.41) is 0.885. The van der Waals surface area contributed by atoms with Crippen LogP contribution in [-0.2, 0) is 6.54 Å². The van der Waals surface area contributed by atoms with Gasteiger partial charge in [0.25, 0.3) is 0 Å². The molecular weight excluding hydrogens is 314 g/mol. The molecule has 0 bridgehead atoms. The number of nitrogens with zero attached hydrogens (tertiary/aromatic N) is 1. The van der Waals surface area contributed by atoms with Crippen molar-refractivity contribution in [2.75, 3.05) is 7.05 Å². The van der Waals surface area contributed by atoms with Crippen LogP contribution >= 0.6 is 11.6 Å². The van der Waals surface area contributed by atoms with Gasteiger partial charge in [-0.25, -0.2) is 0 Å². The van der Waals surface area contributed by atoms with Gasteiger partial charge in [0.15, 0.2) is 0 Å². The molecule has 1 fully saturated rings. The Labute approximate surface area is 148 Å². The standard InChI is InChI=1S/C22H20ClN/c1-24-14-15-7-2-3-9-17(15)21(18-10-4-5-11-19(18)23)22-13-16(22)8-6-12-20(22)24/h2-12,16,21H,13-14H2,1H3. The van der Waals surface area contributed by atoms with Crippen LogP contribution in [0.25, 0.3) is 0 Å². The monoisotopic (exact) mass is 333 g/mol. The number of allylic oxidation sites excluding steroid dienone is 4. The third kappa shape index (κ3) is 1.82. The molecule has 2 aromatic carbocycles. The summed E-state index contributed by atoms with van der Waals surface area (Å²) in [5.74, 6) is 0.945. The van der Waals surface area contributed by atoms with E-state index >= 15 is 0 Å². The van der Waals surface area contributed by atoms with Crippen molar-refractivity contribution in [1.29, 1.82) is 0 Å². The van der Waals surface area contributed by atoms with Crippen molar-refractivity contribution in [3.8, 4) is 0 Å². The average Bonchev–Trinajstić information content (AvgIpc) is 3.34. The van der Waals surface area contributed by atoms with Crippen molar-refractivity contribution in [3.05, 3.63) is 94.2 Å². The molecular formula is C22H20ClN. The topological polar surface area (TPSA) is 3.24 Å². The number of halogens is 1. The van der Waals surface area contributed by atoms with Gasteiger partial charge in [-0.05, 0) is 41.2 Å². The van der Waals surface area contributed by atoms with E-state index in [0.717, 1.165) is 11.6 Å². The summed E-state index contributed by atoms with van der Waals surface area (Å²) in [7, 11) is 2.23. The maximum Gasteiger partial charge on any atom is 0.0444 e. The summed E-state index contributed by atoms with van der Waals surface area (Å²) in [6, 6.07) is 17.3. The Morgan fingerprint density at radius 1 is 1.04 bits per heavy atom. The minimum Gasteiger partial charge on any atom is -0.373 e. The third-order valence-electron chi connectivity index (χ3n) is 6.05. The molecule has 0 saturated heterocycles. The van der Waals surface area contributed by atoms with E-state index in [9.17, 15) is 0 Å². The molecule has 0 aromatic heterocycles. The van der Waals surface area contributed by atoms with Gasteiger partial charge in [0.2, 0.25) is 0 Å². The first-order valence-corrected chi connectivity index (χ1v) is 9.02. The van der Waals surface area contributed by atoms with E-state index in [1.807, 2.05) is 12.1 Å². The Morgan fingerprint density at radius 3 is 2.62 bits per heavy atom. The zero-order valence-corrected chi connectivity index (χ0v) is 14.5. The largest absolute Gasteiger partial charge is 0.373 e. The maximum atomic E-state index is 6.67. The van der Waals surface area contributed by atoms with Crippen LogP contribution in [0.4, 0.5) is 0 Å². The molecule has 2 heteroatoms. The van der Waals surface area contributed by atoms with Crippen molar-refractivity contribution >= 4 is 11.6 Å². The summed E-state index contributed by atoms with van der Waals surface area (Å²) in [4.78, 5) is 2.44. The van der Waals surface area contributed by atoms with Gasteiger partial charge in [0.1, 0.15) is 0 Å². The number of rotatable bonds is 1. The van der Waals surface area contributed by atoms with E-state index in [-0.39, 0.29) is 5.41 Å². The van der Waals surface area contributed by atoms with Crippen LogP contribution < -0.4 is 0 Å². The van der Waals surface area contributed by atoms with Gasteiger partial charge in [-0.1, -0.05) is 66.2 Å². The van der Waals surface area contributed by atoms with E-state index in [4.69, 9.17) is 11.6 Å². The van der Waals surface area contributed by atoms with Gasteiger partial charge in [-0.15, -0.1) is 0 Å². The van der Waals surface area contributed by atoms with E-state index in [0.29, 0.717) is 11.8 Å². The van der Waals surface area contributed by atoms with Crippen LogP contribution in [0.15, 0.2) is 72.5 Å². The van der Waals surface area contributed by atoms with Gasteiger partial charge in [-0.2, -0.15) is 0 Å². The predicted octanol–water partition coefficient (Wildman–Crippen LogP) is 5.38. The molecule has 1 heterocycles. The second-order valence-electron chi connectivity index (χ2n) is 7.30. The molecule has 3 atom stereocenters. The van der Waals surface area contributed by atoms with Gasteiger partial charge >= 0.3 is 0 Å². The molecule has 1 spiro atoms. The van der Waals surface area contributed by atoms with Crippen LogP contribution in [0.1, 0.15) is 29.0 Å². The number of hydrogen-bond acceptors (Lipinski definition) is 1. The Balaban J connectivity index is 1.80. The van der Waals surface area contributed by atoms with E-state index in [2.05, 4.69) is 66.6 Å². The Hall–Kier alpha value is -1.99. The van der Waals surface area contributed by atoms with E-state index in [1.165, 1.54) is 28.8 Å². The molecule has 120 valence electrons. The molecule has 0 N–H and O–H groups in total. The minimum atomic E-state index is 0.168. The normalized spacial score (nSPS) is 29.9. The van der Waals surface area contributed by atoms with Crippen molar-refractivity contribution in [2.24, 2.45) is 11.3 Å². The second kappa shape index (κ2) is 5.00. The van der Waals surface area contributed by atoms with Crippen LogP contribution in [0.2, 0.25) is 5.02 Å². The fourth-order valence-electron chi connectivity index (χ4n) is 4.97. The molecule has 24 heavy (non-hydrogen) atoms. The molecule has 2 aliphatic carbocycles. The average molecular weight is 334 g/mol. The quantitative estimate of drug-likeness (QED) is 0.677. The highest BCUT2D eigenvalue weighted by molar-refractivity contribution is 6.31. The molecule has 1 aliphatic heterocycles. The lowest BCUT2D eigenvalue weighted by Crippen LogP contribution is -2.27. The number of hydrogen-bond donors (Lipinski definition) is 0. The van der Waals surface area contributed by atoms with Crippen LogP contribution in [0.5, 0.6) is 0 Å². The highest BCUT2D eigenvalue weighted by Crippen LogP contribution is 2.70. The molecule has 3 aliphatic rings. The second-order valence-corrected chi connectivity index (χ2v) is 7.70. The molecule has 1 saturated carbocycles.